The van der Waals surface area contributed by atoms with Crippen LogP contribution in [-0.2, 0) is 19.1 Å². The van der Waals surface area contributed by atoms with Crippen LogP contribution in [0.1, 0.15) is 51.1 Å². The van der Waals surface area contributed by atoms with E-state index in [1.807, 2.05) is 0 Å². The van der Waals surface area contributed by atoms with Gasteiger partial charge in [0.2, 0.25) is 11.8 Å². The fourth-order valence-electron chi connectivity index (χ4n) is 2.53. The molecule has 0 aliphatic heterocycles. The lowest BCUT2D eigenvalue weighted by Crippen LogP contribution is -2.20. The van der Waals surface area contributed by atoms with Crippen molar-refractivity contribution in [1.82, 2.24) is 10.9 Å². The van der Waals surface area contributed by atoms with Crippen LogP contribution < -0.4 is 10.9 Å². The maximum atomic E-state index is 11.8. The molecule has 0 unspecified atom stereocenters. The first kappa shape index (κ1) is 24.9. The van der Waals surface area contributed by atoms with E-state index < -0.39 is 11.9 Å². The molecule has 0 bridgehead atoms. The molecule has 2 rings (SSSR count). The van der Waals surface area contributed by atoms with Crippen LogP contribution in [0.5, 0.6) is 0 Å². The van der Waals surface area contributed by atoms with Gasteiger partial charge in [-0.05, 0) is 41.8 Å². The number of ether oxygens (including phenoxy) is 2. The number of benzene rings is 2. The van der Waals surface area contributed by atoms with Gasteiger partial charge in [0, 0.05) is 12.8 Å². The van der Waals surface area contributed by atoms with Crippen molar-refractivity contribution >= 4 is 36.2 Å². The summed E-state index contributed by atoms with van der Waals surface area (Å²) in [5, 5.41) is 7.69. The first-order valence-electron chi connectivity index (χ1n) is 9.93. The average molecular weight is 452 g/mol. The Morgan fingerprint density at radius 1 is 0.697 bits per heavy atom. The zero-order valence-corrected chi connectivity index (χ0v) is 18.2. The van der Waals surface area contributed by atoms with Crippen LogP contribution in [0.25, 0.3) is 0 Å². The summed E-state index contributed by atoms with van der Waals surface area (Å²) in [4.78, 5) is 46.4. The topological polar surface area (TPSA) is 136 Å². The summed E-state index contributed by atoms with van der Waals surface area (Å²) in [6.45, 7) is 0. The van der Waals surface area contributed by atoms with Gasteiger partial charge < -0.3 is 9.47 Å². The van der Waals surface area contributed by atoms with Gasteiger partial charge in [0.15, 0.2) is 0 Å². The zero-order valence-electron chi connectivity index (χ0n) is 18.2. The number of methoxy groups -OCH3 is 2. The van der Waals surface area contributed by atoms with E-state index in [1.165, 1.54) is 26.6 Å². The monoisotopic (exact) mass is 452 g/mol. The van der Waals surface area contributed by atoms with Crippen LogP contribution in [0.4, 0.5) is 0 Å². The van der Waals surface area contributed by atoms with E-state index in [4.69, 9.17) is 0 Å². The standard InChI is InChI=1S/C23H24N4O6/c1-32-22(30)18-10-6-16(7-11-18)14-24-26-20(28)4-3-5-21(29)27-25-15-17-8-12-19(13-9-17)23(31)33-2/h6-15H,3-5H2,1-2H3,(H,26,28)(H,27,29). The van der Waals surface area contributed by atoms with Crippen LogP contribution in [0.15, 0.2) is 58.7 Å². The third kappa shape index (κ3) is 8.74. The number of carbonyl (C=O) groups is 4. The Morgan fingerprint density at radius 2 is 1.06 bits per heavy atom. The SMILES string of the molecule is COC(=O)c1ccc(C=NNC(=O)CCCC(=O)NN=Cc2ccc(C(=O)OC)cc2)cc1. The molecule has 172 valence electrons. The lowest BCUT2D eigenvalue weighted by Gasteiger charge is -2.01. The summed E-state index contributed by atoms with van der Waals surface area (Å²) in [5.41, 5.74) is 6.98. The maximum absolute atomic E-state index is 11.8. The number of hydrazone groups is 2. The Morgan fingerprint density at radius 3 is 1.39 bits per heavy atom. The van der Waals surface area contributed by atoms with E-state index >= 15 is 0 Å². The average Bonchev–Trinajstić information content (AvgIpc) is 2.84. The summed E-state index contributed by atoms with van der Waals surface area (Å²) in [5.74, 6) is -1.54. The summed E-state index contributed by atoms with van der Waals surface area (Å²) in [6, 6.07) is 13.0. The Bertz CT molecular complexity index is 946. The molecule has 10 nitrogen and oxygen atoms in total. The fraction of sp³-hybridized carbons (Fsp3) is 0.217. The third-order valence-corrected chi connectivity index (χ3v) is 4.28. The molecule has 0 saturated carbocycles. The lowest BCUT2D eigenvalue weighted by molar-refractivity contribution is -0.122. The summed E-state index contributed by atoms with van der Waals surface area (Å²) in [7, 11) is 2.61. The molecule has 2 aromatic rings. The molecule has 0 saturated heterocycles. The number of hydrogen-bond donors (Lipinski definition) is 2. The molecule has 2 amide bonds. The molecule has 2 aromatic carbocycles. The first-order chi connectivity index (χ1) is 15.9. The van der Waals surface area contributed by atoms with Crippen LogP contribution >= 0.6 is 0 Å². The predicted octanol–water partition coefficient (Wildman–Crippen LogP) is 2.03. The second kappa shape index (κ2) is 13.2. The van der Waals surface area contributed by atoms with Crippen molar-refractivity contribution in [3.63, 3.8) is 0 Å². The third-order valence-electron chi connectivity index (χ3n) is 4.28. The van der Waals surface area contributed by atoms with Gasteiger partial charge in [0.1, 0.15) is 0 Å². The zero-order chi connectivity index (χ0) is 24.1. The quantitative estimate of drug-likeness (QED) is 0.322. The van der Waals surface area contributed by atoms with E-state index in [9.17, 15) is 19.2 Å². The molecule has 0 radical (unpaired) electrons. The Balaban J connectivity index is 1.65. The maximum Gasteiger partial charge on any atom is 0.337 e. The molecule has 0 spiro atoms. The van der Waals surface area contributed by atoms with Crippen LogP contribution in [0.2, 0.25) is 0 Å². The minimum atomic E-state index is -0.434. The molecule has 2 N–H and O–H groups in total. The number of nitrogens with one attached hydrogen (secondary N) is 2. The van der Waals surface area contributed by atoms with Gasteiger partial charge >= 0.3 is 11.9 Å². The number of amides is 2. The van der Waals surface area contributed by atoms with Gasteiger partial charge in [-0.2, -0.15) is 10.2 Å². The van der Waals surface area contributed by atoms with E-state index in [1.54, 1.807) is 48.5 Å². The van der Waals surface area contributed by atoms with Crippen molar-refractivity contribution in [1.29, 1.82) is 0 Å². The second-order valence-corrected chi connectivity index (χ2v) is 6.67. The van der Waals surface area contributed by atoms with Crippen molar-refractivity contribution < 1.29 is 28.7 Å². The Hall–Kier alpha value is -4.34. The van der Waals surface area contributed by atoms with E-state index in [2.05, 4.69) is 30.5 Å². The minimum Gasteiger partial charge on any atom is -0.465 e. The highest BCUT2D eigenvalue weighted by Gasteiger charge is 2.06. The Kier molecular flexibility index (Phi) is 9.94. The summed E-state index contributed by atoms with van der Waals surface area (Å²) < 4.78 is 9.24. The van der Waals surface area contributed by atoms with Crippen molar-refractivity contribution in [3.05, 3.63) is 70.8 Å². The second-order valence-electron chi connectivity index (χ2n) is 6.67. The largest absolute Gasteiger partial charge is 0.465 e. The molecule has 0 heterocycles. The van der Waals surface area contributed by atoms with Gasteiger partial charge in [-0.15, -0.1) is 0 Å². The molecular formula is C23H24N4O6. The van der Waals surface area contributed by atoms with Crippen molar-refractivity contribution in [3.8, 4) is 0 Å². The highest BCUT2D eigenvalue weighted by atomic mass is 16.5. The van der Waals surface area contributed by atoms with Crippen LogP contribution in [0.3, 0.4) is 0 Å². The molecule has 33 heavy (non-hydrogen) atoms. The molecule has 0 aliphatic rings. The molecule has 10 heteroatoms. The Labute approximate surface area is 190 Å². The van der Waals surface area contributed by atoms with Crippen LogP contribution in [-0.4, -0.2) is 50.4 Å². The van der Waals surface area contributed by atoms with Crippen molar-refractivity contribution in [2.45, 2.75) is 19.3 Å². The summed E-state index contributed by atoms with van der Waals surface area (Å²) in [6.07, 6.45) is 3.44. The smallest absolute Gasteiger partial charge is 0.337 e. The van der Waals surface area contributed by atoms with Crippen molar-refractivity contribution in [2.75, 3.05) is 14.2 Å². The van der Waals surface area contributed by atoms with Gasteiger partial charge in [-0.25, -0.2) is 20.4 Å². The highest BCUT2D eigenvalue weighted by Crippen LogP contribution is 2.05. The van der Waals surface area contributed by atoms with Gasteiger partial charge in [-0.1, -0.05) is 24.3 Å². The van der Waals surface area contributed by atoms with E-state index in [0.717, 1.165) is 0 Å². The van der Waals surface area contributed by atoms with Gasteiger partial charge in [-0.3, -0.25) is 9.59 Å². The molecule has 0 fully saturated rings. The number of hydrogen-bond acceptors (Lipinski definition) is 8. The number of nitrogens with zero attached hydrogens (tertiary/aromatic N) is 2. The molecule has 0 atom stereocenters. The van der Waals surface area contributed by atoms with E-state index in [-0.39, 0.29) is 24.7 Å². The number of esters is 2. The van der Waals surface area contributed by atoms with Crippen molar-refractivity contribution in [2.24, 2.45) is 10.2 Å². The summed E-state index contributed by atoms with van der Waals surface area (Å²) >= 11 is 0. The highest BCUT2D eigenvalue weighted by molar-refractivity contribution is 5.91. The molecular weight excluding hydrogens is 428 g/mol. The molecule has 0 aliphatic carbocycles. The number of carbonyl (C=O) groups excluding carboxylic acids is 4. The van der Waals surface area contributed by atoms with Crippen LogP contribution in [0, 0.1) is 0 Å². The fourth-order valence-corrected chi connectivity index (χ4v) is 2.53. The predicted molar refractivity (Wildman–Crippen MR) is 121 cm³/mol. The number of rotatable bonds is 10. The molecule has 0 aromatic heterocycles. The van der Waals surface area contributed by atoms with Gasteiger partial charge in [0.05, 0.1) is 37.8 Å². The lowest BCUT2D eigenvalue weighted by atomic mass is 10.1. The first-order valence-corrected chi connectivity index (χ1v) is 9.93. The minimum absolute atomic E-state index is 0.116. The normalized spacial score (nSPS) is 10.7. The van der Waals surface area contributed by atoms with E-state index in [0.29, 0.717) is 28.7 Å². The van der Waals surface area contributed by atoms with Gasteiger partial charge in [0.25, 0.3) is 0 Å².